The van der Waals surface area contributed by atoms with Crippen LogP contribution in [0.3, 0.4) is 0 Å². The Bertz CT molecular complexity index is 460. The van der Waals surface area contributed by atoms with Crippen molar-refractivity contribution in [3.8, 4) is 0 Å². The Morgan fingerprint density at radius 3 is 2.58 bits per heavy atom. The number of carbonyl (C=O) groups is 2. The van der Waals surface area contributed by atoms with Crippen LogP contribution in [0.4, 0.5) is 4.79 Å². The van der Waals surface area contributed by atoms with Crippen molar-refractivity contribution in [3.63, 3.8) is 0 Å². The molecule has 0 aliphatic rings. The van der Waals surface area contributed by atoms with E-state index in [-0.39, 0.29) is 12.6 Å². The molecule has 4 N–H and O–H groups in total. The zero-order valence-electron chi connectivity index (χ0n) is 11.6. The molecule has 0 saturated heterocycles. The summed E-state index contributed by atoms with van der Waals surface area (Å²) in [7, 11) is 0. The summed E-state index contributed by atoms with van der Waals surface area (Å²) in [5.74, 6) is -0.470. The van der Waals surface area contributed by atoms with Crippen LogP contribution in [0.2, 0.25) is 0 Å². The van der Waals surface area contributed by atoms with Gasteiger partial charge in [0.15, 0.2) is 0 Å². The number of rotatable bonds is 3. The van der Waals surface area contributed by atoms with E-state index in [0.29, 0.717) is 5.69 Å². The fourth-order valence-electron chi connectivity index (χ4n) is 1.28. The number of aromatic nitrogens is 3. The first-order valence-electron chi connectivity index (χ1n) is 5.95. The second-order valence-electron chi connectivity index (χ2n) is 5.38. The number of nitrogens with one attached hydrogen (secondary N) is 2. The number of nitrogens with zero attached hydrogens (tertiary/aromatic N) is 3. The van der Waals surface area contributed by atoms with E-state index in [0.717, 1.165) is 0 Å². The predicted molar refractivity (Wildman–Crippen MR) is 69.1 cm³/mol. The van der Waals surface area contributed by atoms with Crippen molar-refractivity contribution in [3.05, 3.63) is 11.9 Å². The van der Waals surface area contributed by atoms with Crippen molar-refractivity contribution in [1.29, 1.82) is 0 Å². The van der Waals surface area contributed by atoms with Gasteiger partial charge in [-0.25, -0.2) is 9.48 Å². The Morgan fingerprint density at radius 1 is 1.47 bits per heavy atom. The number of hydrogen-bond donors (Lipinski definition) is 3. The minimum absolute atomic E-state index is 0.0860. The van der Waals surface area contributed by atoms with E-state index >= 15 is 0 Å². The Balaban J connectivity index is 2.49. The van der Waals surface area contributed by atoms with Crippen LogP contribution in [0.1, 0.15) is 39.4 Å². The highest BCUT2D eigenvalue weighted by atomic mass is 16.2. The highest BCUT2D eigenvalue weighted by molar-refractivity contribution is 5.94. The molecular weight excluding hydrogens is 248 g/mol. The first kappa shape index (κ1) is 15.1. The van der Waals surface area contributed by atoms with Gasteiger partial charge >= 0.3 is 6.03 Å². The van der Waals surface area contributed by atoms with Crippen molar-refractivity contribution >= 4 is 11.9 Å². The summed E-state index contributed by atoms with van der Waals surface area (Å²) in [6, 6.07) is -0.786. The maximum Gasteiger partial charge on any atom is 0.321 e. The second kappa shape index (κ2) is 5.79. The fraction of sp³-hybridized carbons (Fsp3) is 0.636. The van der Waals surface area contributed by atoms with Gasteiger partial charge in [-0.1, -0.05) is 5.21 Å². The quantitative estimate of drug-likeness (QED) is 0.709. The standard InChI is InChI=1S/C11H20N6O2/c1-7(12)8-5-17(16-15-8)6-9(18)13-10(19)14-11(2,3)4/h5,7H,6,12H2,1-4H3,(H2,13,14,18,19). The molecule has 0 aliphatic carbocycles. The zero-order chi connectivity index (χ0) is 14.6. The van der Waals surface area contributed by atoms with Gasteiger partial charge in [0.05, 0.1) is 11.9 Å². The summed E-state index contributed by atoms with van der Waals surface area (Å²) in [4.78, 5) is 23.1. The lowest BCUT2D eigenvalue weighted by Crippen LogP contribution is -2.48. The monoisotopic (exact) mass is 268 g/mol. The largest absolute Gasteiger partial charge is 0.333 e. The van der Waals surface area contributed by atoms with Gasteiger partial charge in [0.2, 0.25) is 5.91 Å². The highest BCUT2D eigenvalue weighted by Crippen LogP contribution is 2.03. The molecule has 0 aromatic carbocycles. The molecule has 0 radical (unpaired) electrons. The minimum Gasteiger partial charge on any atom is -0.333 e. The molecule has 19 heavy (non-hydrogen) atoms. The van der Waals surface area contributed by atoms with E-state index in [4.69, 9.17) is 5.73 Å². The van der Waals surface area contributed by atoms with Crippen LogP contribution in [0.5, 0.6) is 0 Å². The molecule has 0 bridgehead atoms. The second-order valence-corrected chi connectivity index (χ2v) is 5.38. The average Bonchev–Trinajstić information content (AvgIpc) is 2.62. The Hall–Kier alpha value is -1.96. The molecule has 1 heterocycles. The van der Waals surface area contributed by atoms with E-state index in [2.05, 4.69) is 20.9 Å². The van der Waals surface area contributed by atoms with E-state index in [1.165, 1.54) is 4.68 Å². The van der Waals surface area contributed by atoms with Gasteiger partial charge in [-0.15, -0.1) is 5.10 Å². The highest BCUT2D eigenvalue weighted by Gasteiger charge is 2.16. The molecular formula is C11H20N6O2. The molecule has 1 aromatic rings. The molecule has 1 aromatic heterocycles. The van der Waals surface area contributed by atoms with Gasteiger partial charge in [-0.05, 0) is 27.7 Å². The number of hydrogen-bond acceptors (Lipinski definition) is 5. The van der Waals surface area contributed by atoms with Gasteiger partial charge in [-0.2, -0.15) is 0 Å². The van der Waals surface area contributed by atoms with Crippen LogP contribution < -0.4 is 16.4 Å². The van der Waals surface area contributed by atoms with E-state index < -0.39 is 17.5 Å². The van der Waals surface area contributed by atoms with Crippen molar-refractivity contribution < 1.29 is 9.59 Å². The molecule has 1 atom stereocenters. The number of nitrogens with two attached hydrogens (primary N) is 1. The average molecular weight is 268 g/mol. The van der Waals surface area contributed by atoms with Crippen LogP contribution in [0.25, 0.3) is 0 Å². The molecule has 0 aliphatic heterocycles. The Labute approximate surface area is 111 Å². The first-order valence-corrected chi connectivity index (χ1v) is 5.95. The molecule has 0 fully saturated rings. The summed E-state index contributed by atoms with van der Waals surface area (Å²) in [5.41, 5.74) is 5.81. The Morgan fingerprint density at radius 2 is 2.11 bits per heavy atom. The zero-order valence-corrected chi connectivity index (χ0v) is 11.6. The molecule has 8 nitrogen and oxygen atoms in total. The van der Waals surface area contributed by atoms with Crippen LogP contribution in [-0.4, -0.2) is 32.5 Å². The van der Waals surface area contributed by atoms with Crippen molar-refractivity contribution in [1.82, 2.24) is 25.6 Å². The van der Waals surface area contributed by atoms with Crippen LogP contribution in [0.15, 0.2) is 6.20 Å². The lowest BCUT2D eigenvalue weighted by molar-refractivity contribution is -0.120. The third-order valence-electron chi connectivity index (χ3n) is 2.07. The number of imide groups is 1. The summed E-state index contributed by atoms with van der Waals surface area (Å²) >= 11 is 0. The number of carbonyl (C=O) groups excluding carboxylic acids is 2. The van der Waals surface area contributed by atoms with Gasteiger partial charge in [0, 0.05) is 11.6 Å². The molecule has 0 spiro atoms. The molecule has 3 amide bonds. The van der Waals surface area contributed by atoms with E-state index in [9.17, 15) is 9.59 Å². The van der Waals surface area contributed by atoms with Crippen LogP contribution >= 0.6 is 0 Å². The van der Waals surface area contributed by atoms with Crippen molar-refractivity contribution in [2.75, 3.05) is 0 Å². The molecule has 1 unspecified atom stereocenters. The fourth-order valence-corrected chi connectivity index (χ4v) is 1.28. The third-order valence-corrected chi connectivity index (χ3v) is 2.07. The number of urea groups is 1. The Kier molecular flexibility index (Phi) is 4.60. The van der Waals surface area contributed by atoms with Crippen molar-refractivity contribution in [2.45, 2.75) is 45.8 Å². The van der Waals surface area contributed by atoms with Gasteiger partial charge in [0.1, 0.15) is 6.54 Å². The van der Waals surface area contributed by atoms with E-state index in [1.54, 1.807) is 13.1 Å². The molecule has 106 valence electrons. The topological polar surface area (TPSA) is 115 Å². The third kappa shape index (κ3) is 5.47. The normalized spacial score (nSPS) is 12.9. The van der Waals surface area contributed by atoms with Crippen LogP contribution in [0, 0.1) is 0 Å². The molecule has 8 heteroatoms. The summed E-state index contributed by atoms with van der Waals surface area (Å²) in [6.45, 7) is 7.15. The summed E-state index contributed by atoms with van der Waals surface area (Å²) in [5, 5.41) is 12.4. The maximum absolute atomic E-state index is 11.6. The maximum atomic E-state index is 11.6. The summed E-state index contributed by atoms with van der Waals surface area (Å²) in [6.07, 6.45) is 1.58. The summed E-state index contributed by atoms with van der Waals surface area (Å²) < 4.78 is 1.33. The SMILES string of the molecule is CC(N)c1cn(CC(=O)NC(=O)NC(C)(C)C)nn1. The predicted octanol–water partition coefficient (Wildman–Crippen LogP) is -0.0779. The lowest BCUT2D eigenvalue weighted by Gasteiger charge is -2.20. The smallest absolute Gasteiger partial charge is 0.321 e. The lowest BCUT2D eigenvalue weighted by atomic mass is 10.1. The first-order chi connectivity index (χ1) is 8.67. The van der Waals surface area contributed by atoms with Gasteiger partial charge < -0.3 is 11.1 Å². The van der Waals surface area contributed by atoms with Crippen molar-refractivity contribution in [2.24, 2.45) is 5.73 Å². The van der Waals surface area contributed by atoms with E-state index in [1.807, 2.05) is 20.8 Å². The minimum atomic E-state index is -0.537. The van der Waals surface area contributed by atoms with Gasteiger partial charge in [-0.3, -0.25) is 10.1 Å². The van der Waals surface area contributed by atoms with Gasteiger partial charge in [0.25, 0.3) is 0 Å². The number of amides is 3. The molecule has 1 rings (SSSR count). The van der Waals surface area contributed by atoms with Crippen LogP contribution in [-0.2, 0) is 11.3 Å². The molecule has 0 saturated carbocycles.